The Hall–Kier alpha value is -2.24. The predicted octanol–water partition coefficient (Wildman–Crippen LogP) is 0.261. The zero-order valence-electron chi connectivity index (χ0n) is 16.4. The average Bonchev–Trinajstić information content (AvgIpc) is 2.94. The third-order valence-electron chi connectivity index (χ3n) is 3.77. The predicted molar refractivity (Wildman–Crippen MR) is 99.2 cm³/mol. The third kappa shape index (κ3) is 4.78. The Kier molecular flexibility index (Phi) is 6.96. The van der Waals surface area contributed by atoms with Crippen LogP contribution in [0.4, 0.5) is 11.4 Å². The summed E-state index contributed by atoms with van der Waals surface area (Å²) in [6, 6.07) is 12.1. The van der Waals surface area contributed by atoms with E-state index in [1.54, 1.807) is 38.3 Å². The van der Waals surface area contributed by atoms with Gasteiger partial charge in [0, 0.05) is 0 Å². The normalized spacial score (nSPS) is 11.4. The summed E-state index contributed by atoms with van der Waals surface area (Å²) < 4.78 is 37.5. The van der Waals surface area contributed by atoms with Crippen molar-refractivity contribution in [2.24, 2.45) is 10.2 Å². The SMILES string of the molecule is COc1ccc(N=Nc2c(C)[nH]n(-c3ccc(S(=O)(=O)O)cc3)c2=O)cc1.[H-].[Na+]. The first-order chi connectivity index (χ1) is 12.8. The minimum atomic E-state index is -4.30. The summed E-state index contributed by atoms with van der Waals surface area (Å²) in [7, 11) is -2.74. The van der Waals surface area contributed by atoms with Crippen LogP contribution >= 0.6 is 0 Å². The van der Waals surface area contributed by atoms with Gasteiger partial charge in [0.15, 0.2) is 5.69 Å². The Morgan fingerprint density at radius 1 is 1.07 bits per heavy atom. The molecule has 0 saturated heterocycles. The van der Waals surface area contributed by atoms with E-state index >= 15 is 0 Å². The zero-order valence-corrected chi connectivity index (χ0v) is 18.3. The molecular formula is C17H17N4NaO5S. The van der Waals surface area contributed by atoms with Crippen molar-refractivity contribution < 1.29 is 48.7 Å². The molecule has 28 heavy (non-hydrogen) atoms. The first-order valence-electron chi connectivity index (χ1n) is 7.75. The molecule has 3 rings (SSSR count). The van der Waals surface area contributed by atoms with E-state index in [1.165, 1.54) is 28.9 Å². The van der Waals surface area contributed by atoms with Gasteiger partial charge in [0.1, 0.15) is 5.75 Å². The molecule has 3 aromatic rings. The van der Waals surface area contributed by atoms with Crippen LogP contribution in [-0.4, -0.2) is 29.9 Å². The summed E-state index contributed by atoms with van der Waals surface area (Å²) >= 11 is 0. The number of H-pyrrole nitrogens is 1. The van der Waals surface area contributed by atoms with Crippen molar-refractivity contribution in [3.8, 4) is 11.4 Å². The van der Waals surface area contributed by atoms with Gasteiger partial charge in [-0.3, -0.25) is 14.4 Å². The molecule has 142 valence electrons. The van der Waals surface area contributed by atoms with Crippen molar-refractivity contribution in [3.05, 3.63) is 64.6 Å². The summed E-state index contributed by atoms with van der Waals surface area (Å²) in [5, 5.41) is 10.9. The van der Waals surface area contributed by atoms with Gasteiger partial charge in [-0.05, 0) is 55.5 Å². The van der Waals surface area contributed by atoms with Gasteiger partial charge >= 0.3 is 29.6 Å². The number of nitrogens with one attached hydrogen (secondary N) is 1. The van der Waals surface area contributed by atoms with Gasteiger partial charge in [-0.15, -0.1) is 5.11 Å². The molecule has 11 heteroatoms. The molecule has 0 spiro atoms. The first kappa shape index (κ1) is 22.1. The number of benzene rings is 2. The second kappa shape index (κ2) is 8.84. The topological polar surface area (TPSA) is 126 Å². The van der Waals surface area contributed by atoms with Crippen molar-refractivity contribution in [3.63, 3.8) is 0 Å². The fourth-order valence-electron chi connectivity index (χ4n) is 2.36. The van der Waals surface area contributed by atoms with Crippen molar-refractivity contribution in [1.82, 2.24) is 9.78 Å². The Morgan fingerprint density at radius 2 is 1.68 bits per heavy atom. The van der Waals surface area contributed by atoms with Crippen LogP contribution < -0.4 is 39.9 Å². The number of hydrogen-bond donors (Lipinski definition) is 2. The van der Waals surface area contributed by atoms with E-state index in [4.69, 9.17) is 9.29 Å². The number of hydrogen-bond acceptors (Lipinski definition) is 6. The second-order valence-corrected chi connectivity index (χ2v) is 7.01. The molecule has 0 saturated carbocycles. The summed E-state index contributed by atoms with van der Waals surface area (Å²) in [5.74, 6) is 0.683. The van der Waals surface area contributed by atoms with Gasteiger partial charge in [-0.2, -0.15) is 13.5 Å². The first-order valence-corrected chi connectivity index (χ1v) is 9.19. The Balaban J connectivity index is 0.00000210. The maximum Gasteiger partial charge on any atom is 1.00 e. The molecule has 0 unspecified atom stereocenters. The number of rotatable bonds is 5. The van der Waals surface area contributed by atoms with E-state index in [-0.39, 0.29) is 41.6 Å². The minimum absolute atomic E-state index is 0. The summed E-state index contributed by atoms with van der Waals surface area (Å²) in [5.41, 5.74) is 1.13. The van der Waals surface area contributed by atoms with E-state index < -0.39 is 15.7 Å². The van der Waals surface area contributed by atoms with E-state index in [9.17, 15) is 13.2 Å². The van der Waals surface area contributed by atoms with Crippen LogP contribution in [0.3, 0.4) is 0 Å². The number of aryl methyl sites for hydroxylation is 1. The number of azo groups is 1. The van der Waals surface area contributed by atoms with Crippen LogP contribution in [-0.2, 0) is 10.1 Å². The molecule has 9 nitrogen and oxygen atoms in total. The standard InChI is InChI=1S/C17H16N4O5S.Na.H/c1-11-16(19-18-12-3-7-14(26-2)8-4-12)17(22)21(20-11)13-5-9-15(10-6-13)27(23,24)25;;/h3-10,20H,1-2H3,(H,23,24,25);;/q;+1;-1. The molecule has 0 aliphatic carbocycles. The van der Waals surface area contributed by atoms with E-state index in [1.807, 2.05) is 0 Å². The van der Waals surface area contributed by atoms with Crippen molar-refractivity contribution in [2.45, 2.75) is 11.8 Å². The maximum atomic E-state index is 12.6. The number of ether oxygens (including phenoxy) is 1. The molecule has 0 aliphatic heterocycles. The number of nitrogens with zero attached hydrogens (tertiary/aromatic N) is 3. The van der Waals surface area contributed by atoms with Crippen LogP contribution in [0.1, 0.15) is 7.12 Å². The van der Waals surface area contributed by atoms with Gasteiger partial charge in [-0.25, -0.2) is 4.68 Å². The largest absolute Gasteiger partial charge is 1.00 e. The van der Waals surface area contributed by atoms with Crippen molar-refractivity contribution >= 4 is 21.5 Å². The zero-order chi connectivity index (χ0) is 19.6. The molecular weight excluding hydrogens is 395 g/mol. The molecule has 0 atom stereocenters. The molecule has 1 heterocycles. The molecule has 0 radical (unpaired) electrons. The van der Waals surface area contributed by atoms with Crippen LogP contribution in [0.2, 0.25) is 0 Å². The smallest absolute Gasteiger partial charge is 1.00 e. The van der Waals surface area contributed by atoms with Gasteiger partial charge < -0.3 is 6.16 Å². The molecule has 2 aromatic carbocycles. The molecule has 0 bridgehead atoms. The summed E-state index contributed by atoms with van der Waals surface area (Å²) in [6.07, 6.45) is 0. The quantitative estimate of drug-likeness (QED) is 0.353. The average molecular weight is 412 g/mol. The van der Waals surface area contributed by atoms with Gasteiger partial charge in [0.25, 0.3) is 15.7 Å². The van der Waals surface area contributed by atoms with Crippen LogP contribution in [0.5, 0.6) is 5.75 Å². The summed E-state index contributed by atoms with van der Waals surface area (Å²) in [6.45, 7) is 1.67. The van der Waals surface area contributed by atoms with E-state index in [0.29, 0.717) is 22.8 Å². The van der Waals surface area contributed by atoms with Crippen molar-refractivity contribution in [2.75, 3.05) is 7.11 Å². The molecule has 0 fully saturated rings. The van der Waals surface area contributed by atoms with E-state index in [0.717, 1.165) is 0 Å². The van der Waals surface area contributed by atoms with Crippen LogP contribution in [0, 0.1) is 6.92 Å². The Labute approximate surface area is 184 Å². The summed E-state index contributed by atoms with van der Waals surface area (Å²) in [4.78, 5) is 12.3. The Morgan fingerprint density at radius 3 is 2.21 bits per heavy atom. The Bertz CT molecular complexity index is 1160. The van der Waals surface area contributed by atoms with Gasteiger partial charge in [0.2, 0.25) is 0 Å². The van der Waals surface area contributed by atoms with Crippen LogP contribution in [0.25, 0.3) is 5.69 Å². The fraction of sp³-hybridized carbons (Fsp3) is 0.118. The third-order valence-corrected chi connectivity index (χ3v) is 4.64. The maximum absolute atomic E-state index is 12.6. The van der Waals surface area contributed by atoms with E-state index in [2.05, 4.69) is 15.3 Å². The fourth-order valence-corrected chi connectivity index (χ4v) is 2.84. The number of aromatic nitrogens is 2. The monoisotopic (exact) mass is 412 g/mol. The second-order valence-electron chi connectivity index (χ2n) is 5.59. The number of methoxy groups -OCH3 is 1. The van der Waals surface area contributed by atoms with Gasteiger partial charge in [-0.1, -0.05) is 0 Å². The number of aromatic amines is 1. The molecule has 0 amide bonds. The van der Waals surface area contributed by atoms with Gasteiger partial charge in [0.05, 0.1) is 29.1 Å². The molecule has 0 aliphatic rings. The molecule has 2 N–H and O–H groups in total. The van der Waals surface area contributed by atoms with Crippen LogP contribution in [0.15, 0.2) is 68.4 Å². The molecule has 1 aromatic heterocycles. The minimum Gasteiger partial charge on any atom is -1.00 e. The van der Waals surface area contributed by atoms with Crippen molar-refractivity contribution in [1.29, 1.82) is 0 Å².